The van der Waals surface area contributed by atoms with Crippen molar-refractivity contribution in [1.29, 1.82) is 0 Å². The topological polar surface area (TPSA) is 117 Å². The maximum Gasteiger partial charge on any atom is 0.289 e. The van der Waals surface area contributed by atoms with Crippen molar-refractivity contribution >= 4 is 23.5 Å². The minimum atomic E-state index is -1.34. The van der Waals surface area contributed by atoms with E-state index >= 15 is 0 Å². The van der Waals surface area contributed by atoms with Crippen LogP contribution >= 0.6 is 0 Å². The normalized spacial score (nSPS) is 18.5. The summed E-state index contributed by atoms with van der Waals surface area (Å²) in [4.78, 5) is 55.7. The standard InChI is InChI=1S/C27H33FN4O4/c1-27(2,32-24(34)19-11-13-20(28)14-12-19)26(36)31-22(16-18-8-4-3-5-9-18)23(33)25(35)30-17-21-10-6-7-15-29-21/h3-10,15,19-20,22H,11-14,16-17H2,1-2H3,(H,30,35)(H,31,36)(H,32,34)/t19?,20?,22-/m1/s1. The van der Waals surface area contributed by atoms with Crippen molar-refractivity contribution < 1.29 is 23.6 Å². The molecule has 1 fully saturated rings. The molecule has 0 radical (unpaired) electrons. The largest absolute Gasteiger partial charge is 0.344 e. The number of amides is 3. The number of carbonyl (C=O) groups excluding carboxylic acids is 4. The number of Topliss-reactive ketones (excluding diaryl/α,β-unsaturated/α-hetero) is 1. The average molecular weight is 497 g/mol. The number of alkyl halides is 1. The summed E-state index contributed by atoms with van der Waals surface area (Å²) in [5.41, 5.74) is 0.00923. The number of pyridine rings is 1. The number of ketones is 1. The lowest BCUT2D eigenvalue weighted by atomic mass is 9.86. The Morgan fingerprint density at radius 2 is 1.67 bits per heavy atom. The molecular weight excluding hydrogens is 463 g/mol. The summed E-state index contributed by atoms with van der Waals surface area (Å²) in [6.07, 6.45) is 2.30. The molecular formula is C27H33FN4O4. The van der Waals surface area contributed by atoms with Crippen molar-refractivity contribution in [3.63, 3.8) is 0 Å². The molecule has 1 saturated carbocycles. The van der Waals surface area contributed by atoms with Crippen LogP contribution in [0.3, 0.4) is 0 Å². The second kappa shape index (κ2) is 12.4. The zero-order chi connectivity index (χ0) is 26.1. The Hall–Kier alpha value is -3.62. The van der Waals surface area contributed by atoms with Gasteiger partial charge in [-0.15, -0.1) is 0 Å². The smallest absolute Gasteiger partial charge is 0.289 e. The number of carbonyl (C=O) groups is 4. The fourth-order valence-corrected chi connectivity index (χ4v) is 4.10. The lowest BCUT2D eigenvalue weighted by molar-refractivity contribution is -0.141. The molecule has 3 amide bonds. The Morgan fingerprint density at radius 1 is 1.00 bits per heavy atom. The molecule has 1 aromatic heterocycles. The van der Waals surface area contributed by atoms with E-state index in [1.807, 2.05) is 6.07 Å². The van der Waals surface area contributed by atoms with Crippen molar-refractivity contribution in [2.24, 2.45) is 5.92 Å². The molecule has 1 aliphatic rings. The SMILES string of the molecule is CC(C)(NC(=O)C1CCC(F)CC1)C(=O)N[C@H](Cc1ccccc1)C(=O)C(=O)NCc1ccccn1. The van der Waals surface area contributed by atoms with Gasteiger partial charge in [0, 0.05) is 18.5 Å². The molecule has 0 spiro atoms. The Morgan fingerprint density at radius 3 is 2.31 bits per heavy atom. The second-order valence-electron chi connectivity index (χ2n) is 9.65. The van der Waals surface area contributed by atoms with Gasteiger partial charge >= 0.3 is 0 Å². The molecule has 8 nitrogen and oxygen atoms in total. The predicted octanol–water partition coefficient (Wildman–Crippen LogP) is 2.42. The van der Waals surface area contributed by atoms with E-state index in [2.05, 4.69) is 20.9 Å². The van der Waals surface area contributed by atoms with Gasteiger partial charge in [0.05, 0.1) is 12.2 Å². The fourth-order valence-electron chi connectivity index (χ4n) is 4.10. The van der Waals surface area contributed by atoms with Crippen LogP contribution in [0.5, 0.6) is 0 Å². The van der Waals surface area contributed by atoms with Gasteiger partial charge in [-0.05, 0) is 57.2 Å². The third-order valence-corrected chi connectivity index (χ3v) is 6.32. The molecule has 9 heteroatoms. The van der Waals surface area contributed by atoms with Gasteiger partial charge in [0.2, 0.25) is 17.6 Å². The molecule has 0 bridgehead atoms. The third-order valence-electron chi connectivity index (χ3n) is 6.32. The lowest BCUT2D eigenvalue weighted by Gasteiger charge is -2.31. The molecule has 3 rings (SSSR count). The summed E-state index contributed by atoms with van der Waals surface area (Å²) in [5.74, 6) is -2.91. The quantitative estimate of drug-likeness (QED) is 0.437. The van der Waals surface area contributed by atoms with Gasteiger partial charge < -0.3 is 16.0 Å². The first-order valence-electron chi connectivity index (χ1n) is 12.2. The van der Waals surface area contributed by atoms with Crippen LogP contribution in [0.25, 0.3) is 0 Å². The highest BCUT2D eigenvalue weighted by atomic mass is 19.1. The van der Waals surface area contributed by atoms with Crippen molar-refractivity contribution in [2.75, 3.05) is 0 Å². The molecule has 1 aromatic carbocycles. The summed E-state index contributed by atoms with van der Waals surface area (Å²) in [7, 11) is 0. The van der Waals surface area contributed by atoms with Gasteiger partial charge in [0.1, 0.15) is 17.8 Å². The maximum atomic E-state index is 13.4. The van der Waals surface area contributed by atoms with E-state index in [1.165, 1.54) is 13.8 Å². The zero-order valence-electron chi connectivity index (χ0n) is 20.6. The van der Waals surface area contributed by atoms with Crippen molar-refractivity contribution in [1.82, 2.24) is 20.9 Å². The molecule has 0 aliphatic heterocycles. The number of hydrogen-bond donors (Lipinski definition) is 3. The first kappa shape index (κ1) is 27.0. The monoisotopic (exact) mass is 496 g/mol. The fraction of sp³-hybridized carbons (Fsp3) is 0.444. The van der Waals surface area contributed by atoms with Crippen LogP contribution in [0.4, 0.5) is 4.39 Å². The molecule has 2 aromatic rings. The first-order chi connectivity index (χ1) is 17.2. The molecule has 1 heterocycles. The summed E-state index contributed by atoms with van der Waals surface area (Å²) in [6.45, 7) is 3.14. The van der Waals surface area contributed by atoms with Crippen LogP contribution in [0.15, 0.2) is 54.7 Å². The number of rotatable bonds is 10. The zero-order valence-corrected chi connectivity index (χ0v) is 20.6. The van der Waals surface area contributed by atoms with Gasteiger partial charge in [0.15, 0.2) is 0 Å². The number of nitrogens with zero attached hydrogens (tertiary/aromatic N) is 1. The minimum absolute atomic E-state index is 0.0695. The molecule has 36 heavy (non-hydrogen) atoms. The summed E-state index contributed by atoms with van der Waals surface area (Å²) >= 11 is 0. The Bertz CT molecular complexity index is 1050. The number of hydrogen-bond acceptors (Lipinski definition) is 5. The number of benzene rings is 1. The van der Waals surface area contributed by atoms with Gasteiger partial charge in [-0.25, -0.2) is 4.39 Å². The summed E-state index contributed by atoms with van der Waals surface area (Å²) in [5, 5.41) is 7.94. The highest BCUT2D eigenvalue weighted by molar-refractivity contribution is 6.38. The molecule has 1 aliphatic carbocycles. The summed E-state index contributed by atoms with van der Waals surface area (Å²) < 4.78 is 13.4. The van der Waals surface area contributed by atoms with E-state index in [1.54, 1.807) is 48.7 Å². The van der Waals surface area contributed by atoms with Crippen LogP contribution in [0.2, 0.25) is 0 Å². The Labute approximate surface area is 210 Å². The predicted molar refractivity (Wildman–Crippen MR) is 132 cm³/mol. The van der Waals surface area contributed by atoms with Crippen molar-refractivity contribution in [3.8, 4) is 0 Å². The van der Waals surface area contributed by atoms with E-state index in [0.29, 0.717) is 31.4 Å². The van der Waals surface area contributed by atoms with Crippen LogP contribution in [-0.2, 0) is 32.1 Å². The van der Waals surface area contributed by atoms with E-state index in [9.17, 15) is 23.6 Å². The van der Waals surface area contributed by atoms with E-state index in [4.69, 9.17) is 0 Å². The molecule has 1 atom stereocenters. The first-order valence-corrected chi connectivity index (χ1v) is 12.2. The molecule has 0 saturated heterocycles. The Balaban J connectivity index is 1.67. The molecule has 192 valence electrons. The van der Waals surface area contributed by atoms with Crippen LogP contribution in [0, 0.1) is 5.92 Å². The second-order valence-corrected chi connectivity index (χ2v) is 9.65. The maximum absolute atomic E-state index is 13.4. The van der Waals surface area contributed by atoms with Gasteiger partial charge in [-0.2, -0.15) is 0 Å². The van der Waals surface area contributed by atoms with E-state index in [-0.39, 0.29) is 24.8 Å². The Kier molecular flexibility index (Phi) is 9.27. The number of halogens is 1. The lowest BCUT2D eigenvalue weighted by Crippen LogP contribution is -2.60. The van der Waals surface area contributed by atoms with Crippen LogP contribution in [0.1, 0.15) is 50.8 Å². The highest BCUT2D eigenvalue weighted by Crippen LogP contribution is 2.26. The molecule has 0 unspecified atom stereocenters. The number of aromatic nitrogens is 1. The van der Waals surface area contributed by atoms with Crippen LogP contribution < -0.4 is 16.0 Å². The molecule has 3 N–H and O–H groups in total. The van der Waals surface area contributed by atoms with Gasteiger partial charge in [-0.1, -0.05) is 36.4 Å². The van der Waals surface area contributed by atoms with Crippen molar-refractivity contribution in [3.05, 3.63) is 66.0 Å². The van der Waals surface area contributed by atoms with E-state index in [0.717, 1.165) is 5.56 Å². The number of nitrogens with one attached hydrogen (secondary N) is 3. The van der Waals surface area contributed by atoms with Gasteiger partial charge in [-0.3, -0.25) is 24.2 Å². The highest BCUT2D eigenvalue weighted by Gasteiger charge is 2.36. The van der Waals surface area contributed by atoms with Gasteiger partial charge in [0.25, 0.3) is 5.91 Å². The summed E-state index contributed by atoms with van der Waals surface area (Å²) in [6, 6.07) is 13.1. The van der Waals surface area contributed by atoms with Crippen LogP contribution in [-0.4, -0.2) is 46.2 Å². The average Bonchev–Trinajstić information content (AvgIpc) is 2.87. The minimum Gasteiger partial charge on any atom is -0.344 e. The van der Waals surface area contributed by atoms with E-state index < -0.39 is 35.4 Å². The third kappa shape index (κ3) is 7.69. The van der Waals surface area contributed by atoms with Crippen molar-refractivity contribution in [2.45, 2.75) is 70.2 Å².